The normalized spacial score (nSPS) is 28.2. The Bertz CT molecular complexity index is 389. The minimum absolute atomic E-state index is 0.210. The molecule has 0 aromatic heterocycles. The molecule has 0 radical (unpaired) electrons. The summed E-state index contributed by atoms with van der Waals surface area (Å²) < 4.78 is 5.40. The predicted molar refractivity (Wildman–Crippen MR) is 76.1 cm³/mol. The molecule has 1 heterocycles. The number of amides is 1. The minimum atomic E-state index is -0.431. The van der Waals surface area contributed by atoms with Crippen molar-refractivity contribution < 1.29 is 9.53 Å². The van der Waals surface area contributed by atoms with E-state index in [0.717, 1.165) is 45.4 Å². The summed E-state index contributed by atoms with van der Waals surface area (Å²) in [5, 5.41) is 8.97. The summed E-state index contributed by atoms with van der Waals surface area (Å²) in [5.74, 6) is 0.226. The number of hydrogen-bond acceptors (Lipinski definition) is 4. The highest BCUT2D eigenvalue weighted by molar-refractivity contribution is 5.68. The summed E-state index contributed by atoms with van der Waals surface area (Å²) in [5.41, 5.74) is -0.431. The van der Waals surface area contributed by atoms with Crippen LogP contribution in [0.2, 0.25) is 0 Å². The van der Waals surface area contributed by atoms with Crippen LogP contribution in [0.1, 0.15) is 40.0 Å². The largest absolute Gasteiger partial charge is 0.444 e. The Balaban J connectivity index is 1.78. The van der Waals surface area contributed by atoms with E-state index in [1.54, 1.807) is 4.90 Å². The highest BCUT2D eigenvalue weighted by atomic mass is 16.6. The Labute approximate surface area is 121 Å². The van der Waals surface area contributed by atoms with Crippen molar-refractivity contribution in [2.45, 2.75) is 51.7 Å². The maximum atomic E-state index is 12.0. The lowest BCUT2D eigenvalue weighted by atomic mass is 10.1. The SMILES string of the molecule is CC(C)(C)OC(=O)N1CCN([C@@H]2CCC(C#N)C2)CC1. The van der Waals surface area contributed by atoms with Gasteiger partial charge in [-0.1, -0.05) is 0 Å². The number of nitriles is 1. The summed E-state index contributed by atoms with van der Waals surface area (Å²) >= 11 is 0. The molecule has 2 fully saturated rings. The molecular weight excluding hydrogens is 254 g/mol. The van der Waals surface area contributed by atoms with Crippen molar-refractivity contribution in [3.8, 4) is 6.07 Å². The monoisotopic (exact) mass is 279 g/mol. The first-order chi connectivity index (χ1) is 9.39. The zero-order valence-corrected chi connectivity index (χ0v) is 12.8. The third-order valence-corrected chi connectivity index (χ3v) is 4.07. The summed E-state index contributed by atoms with van der Waals surface area (Å²) in [4.78, 5) is 16.2. The maximum Gasteiger partial charge on any atom is 0.410 e. The molecule has 2 rings (SSSR count). The number of ether oxygens (including phenoxy) is 1. The van der Waals surface area contributed by atoms with Crippen LogP contribution < -0.4 is 0 Å². The summed E-state index contributed by atoms with van der Waals surface area (Å²) in [7, 11) is 0. The molecular formula is C15H25N3O2. The second-order valence-corrected chi connectivity index (χ2v) is 6.80. The Kier molecular flexibility index (Phi) is 4.54. The van der Waals surface area contributed by atoms with Crippen molar-refractivity contribution in [2.75, 3.05) is 26.2 Å². The first-order valence-electron chi connectivity index (χ1n) is 7.50. The van der Waals surface area contributed by atoms with Gasteiger partial charge in [0.1, 0.15) is 5.60 Å². The number of nitrogens with zero attached hydrogens (tertiary/aromatic N) is 3. The third-order valence-electron chi connectivity index (χ3n) is 4.07. The fraction of sp³-hybridized carbons (Fsp3) is 0.867. The van der Waals surface area contributed by atoms with E-state index >= 15 is 0 Å². The van der Waals surface area contributed by atoms with E-state index in [-0.39, 0.29) is 12.0 Å². The molecule has 0 aromatic carbocycles. The first-order valence-corrected chi connectivity index (χ1v) is 7.50. The molecule has 5 nitrogen and oxygen atoms in total. The van der Waals surface area contributed by atoms with Gasteiger partial charge in [0.25, 0.3) is 0 Å². The van der Waals surface area contributed by atoms with Gasteiger partial charge in [-0.25, -0.2) is 4.79 Å². The van der Waals surface area contributed by atoms with Gasteiger partial charge >= 0.3 is 6.09 Å². The van der Waals surface area contributed by atoms with Crippen LogP contribution in [0.3, 0.4) is 0 Å². The molecule has 2 aliphatic rings. The average molecular weight is 279 g/mol. The number of carbonyl (C=O) groups is 1. The van der Waals surface area contributed by atoms with E-state index in [0.29, 0.717) is 6.04 Å². The third kappa shape index (κ3) is 3.86. The van der Waals surface area contributed by atoms with Crippen molar-refractivity contribution in [3.05, 3.63) is 0 Å². The lowest BCUT2D eigenvalue weighted by molar-refractivity contribution is 0.0105. The van der Waals surface area contributed by atoms with Crippen molar-refractivity contribution in [1.29, 1.82) is 5.26 Å². The molecule has 1 aliphatic heterocycles. The average Bonchev–Trinajstić information content (AvgIpc) is 2.85. The molecule has 0 aromatic rings. The number of hydrogen-bond donors (Lipinski definition) is 0. The van der Waals surface area contributed by atoms with Gasteiger partial charge in [-0.05, 0) is 40.0 Å². The number of piperazine rings is 1. The van der Waals surface area contributed by atoms with Crippen LogP contribution >= 0.6 is 0 Å². The smallest absolute Gasteiger partial charge is 0.410 e. The van der Waals surface area contributed by atoms with Gasteiger partial charge in [0.15, 0.2) is 0 Å². The molecule has 1 unspecified atom stereocenters. The number of rotatable bonds is 1. The van der Waals surface area contributed by atoms with E-state index in [9.17, 15) is 4.79 Å². The Morgan fingerprint density at radius 3 is 2.35 bits per heavy atom. The van der Waals surface area contributed by atoms with E-state index < -0.39 is 5.60 Å². The van der Waals surface area contributed by atoms with E-state index in [1.165, 1.54) is 0 Å². The van der Waals surface area contributed by atoms with Gasteiger partial charge in [0.2, 0.25) is 0 Å². The molecule has 20 heavy (non-hydrogen) atoms. The minimum Gasteiger partial charge on any atom is -0.444 e. The molecule has 0 N–H and O–H groups in total. The van der Waals surface area contributed by atoms with Crippen LogP contribution in [0.25, 0.3) is 0 Å². The molecule has 0 spiro atoms. The molecule has 1 saturated heterocycles. The molecule has 1 saturated carbocycles. The Hall–Kier alpha value is -1.28. The van der Waals surface area contributed by atoms with Crippen LogP contribution in [0.4, 0.5) is 4.79 Å². The molecule has 2 atom stereocenters. The van der Waals surface area contributed by atoms with Crippen molar-refractivity contribution in [3.63, 3.8) is 0 Å². The van der Waals surface area contributed by atoms with Gasteiger partial charge in [-0.15, -0.1) is 0 Å². The van der Waals surface area contributed by atoms with Gasteiger partial charge in [0.05, 0.1) is 6.07 Å². The van der Waals surface area contributed by atoms with Crippen molar-refractivity contribution in [2.24, 2.45) is 5.92 Å². The zero-order valence-electron chi connectivity index (χ0n) is 12.8. The molecule has 1 amide bonds. The van der Waals surface area contributed by atoms with Crippen LogP contribution in [0.15, 0.2) is 0 Å². The quantitative estimate of drug-likeness (QED) is 0.738. The highest BCUT2D eigenvalue weighted by Gasteiger charge is 2.32. The maximum absolute atomic E-state index is 12.0. The van der Waals surface area contributed by atoms with Gasteiger partial charge in [-0.3, -0.25) is 4.90 Å². The molecule has 112 valence electrons. The lowest BCUT2D eigenvalue weighted by Gasteiger charge is -2.38. The highest BCUT2D eigenvalue weighted by Crippen LogP contribution is 2.29. The van der Waals surface area contributed by atoms with E-state index in [2.05, 4.69) is 11.0 Å². The second-order valence-electron chi connectivity index (χ2n) is 6.80. The van der Waals surface area contributed by atoms with Crippen LogP contribution in [0, 0.1) is 17.2 Å². The van der Waals surface area contributed by atoms with Crippen LogP contribution in [-0.2, 0) is 4.74 Å². The lowest BCUT2D eigenvalue weighted by Crippen LogP contribution is -2.52. The van der Waals surface area contributed by atoms with E-state index in [4.69, 9.17) is 10.00 Å². The molecule has 1 aliphatic carbocycles. The summed E-state index contributed by atoms with van der Waals surface area (Å²) in [6, 6.07) is 2.90. The molecule has 5 heteroatoms. The van der Waals surface area contributed by atoms with Crippen LogP contribution in [-0.4, -0.2) is 53.7 Å². The molecule has 0 bridgehead atoms. The van der Waals surface area contributed by atoms with Crippen LogP contribution in [0.5, 0.6) is 0 Å². The summed E-state index contributed by atoms with van der Waals surface area (Å²) in [6.07, 6.45) is 2.92. The van der Waals surface area contributed by atoms with Crippen molar-refractivity contribution >= 4 is 6.09 Å². The second kappa shape index (κ2) is 6.01. The fourth-order valence-corrected chi connectivity index (χ4v) is 3.00. The summed E-state index contributed by atoms with van der Waals surface area (Å²) in [6.45, 7) is 8.90. The standard InChI is InChI=1S/C15H25N3O2/c1-15(2,3)20-14(19)18-8-6-17(7-9-18)13-5-4-12(10-13)11-16/h12-13H,4-10H2,1-3H3/t12?,13-/m1/s1. The topological polar surface area (TPSA) is 56.6 Å². The van der Waals surface area contributed by atoms with Crippen molar-refractivity contribution in [1.82, 2.24) is 9.80 Å². The van der Waals surface area contributed by atoms with Gasteiger partial charge < -0.3 is 9.64 Å². The Morgan fingerprint density at radius 2 is 1.85 bits per heavy atom. The fourth-order valence-electron chi connectivity index (χ4n) is 3.00. The predicted octanol–water partition coefficient (Wildman–Crippen LogP) is 2.23. The van der Waals surface area contributed by atoms with Gasteiger partial charge in [-0.2, -0.15) is 5.26 Å². The first kappa shape index (κ1) is 15.1. The van der Waals surface area contributed by atoms with Gasteiger partial charge in [0, 0.05) is 38.1 Å². The van der Waals surface area contributed by atoms with E-state index in [1.807, 2.05) is 20.8 Å². The number of carbonyl (C=O) groups excluding carboxylic acids is 1. The zero-order chi connectivity index (χ0) is 14.8. The Morgan fingerprint density at radius 1 is 1.20 bits per heavy atom.